The van der Waals surface area contributed by atoms with Gasteiger partial charge in [-0.3, -0.25) is 0 Å². The van der Waals surface area contributed by atoms with Crippen LogP contribution in [0.15, 0.2) is 167 Å². The van der Waals surface area contributed by atoms with Gasteiger partial charge in [0.05, 0.1) is 16.8 Å². The summed E-state index contributed by atoms with van der Waals surface area (Å²) in [6, 6.07) is 53.3. The molecule has 6 nitrogen and oxygen atoms in total. The zero-order valence-corrected chi connectivity index (χ0v) is 27.6. The Morgan fingerprint density at radius 3 is 1.85 bits per heavy atom. The minimum Gasteiger partial charge on any atom is -0.456 e. The van der Waals surface area contributed by atoms with Crippen molar-refractivity contribution in [2.75, 3.05) is 0 Å². The summed E-state index contributed by atoms with van der Waals surface area (Å²) in [6.07, 6.45) is 0. The summed E-state index contributed by atoms with van der Waals surface area (Å²) >= 11 is 0. The van der Waals surface area contributed by atoms with Crippen LogP contribution in [0.25, 0.3) is 111 Å². The Kier molecular flexibility index (Phi) is 6.15. The molecular weight excluding hydrogens is 641 g/mol. The molecule has 7 aromatic carbocycles. The van der Waals surface area contributed by atoms with Gasteiger partial charge in [-0.15, -0.1) is 0 Å². The highest BCUT2D eigenvalue weighted by Crippen LogP contribution is 2.42. The van der Waals surface area contributed by atoms with Crippen LogP contribution in [-0.4, -0.2) is 19.9 Å². The topological polar surface area (TPSA) is 77.8 Å². The van der Waals surface area contributed by atoms with Crippen LogP contribution in [0.5, 0.6) is 0 Å². The van der Waals surface area contributed by atoms with Gasteiger partial charge >= 0.3 is 0 Å². The number of furan rings is 2. The lowest BCUT2D eigenvalue weighted by molar-refractivity contribution is 0.669. The third kappa shape index (κ3) is 4.38. The highest BCUT2D eigenvalue weighted by Gasteiger charge is 2.20. The molecule has 0 fully saturated rings. The molecule has 0 spiro atoms. The van der Waals surface area contributed by atoms with Crippen molar-refractivity contribution in [1.82, 2.24) is 19.9 Å². The van der Waals surface area contributed by atoms with E-state index in [1.54, 1.807) is 0 Å². The first-order chi connectivity index (χ1) is 25.8. The Hall–Kier alpha value is -7.18. The van der Waals surface area contributed by atoms with Crippen LogP contribution < -0.4 is 0 Å². The van der Waals surface area contributed by atoms with Gasteiger partial charge in [-0.05, 0) is 48.5 Å². The van der Waals surface area contributed by atoms with Crippen LogP contribution in [0.2, 0.25) is 0 Å². The Balaban J connectivity index is 1.18. The Morgan fingerprint density at radius 2 is 1.00 bits per heavy atom. The number of fused-ring (bicyclic) bond motifs is 10. The minimum absolute atomic E-state index is 0.542. The lowest BCUT2D eigenvalue weighted by atomic mass is 9.96. The summed E-state index contributed by atoms with van der Waals surface area (Å²) < 4.78 is 12.9. The molecule has 4 aromatic heterocycles. The maximum atomic E-state index is 6.52. The molecule has 11 rings (SSSR count). The van der Waals surface area contributed by atoms with Crippen molar-refractivity contribution in [3.8, 4) is 45.4 Å². The molecule has 0 saturated carbocycles. The number of aromatic nitrogens is 4. The number of pyridine rings is 1. The molecule has 0 bridgehead atoms. The normalized spacial score (nSPS) is 11.8. The number of rotatable bonds is 4. The summed E-state index contributed by atoms with van der Waals surface area (Å²) in [6.45, 7) is 0. The van der Waals surface area contributed by atoms with Gasteiger partial charge in [-0.2, -0.15) is 0 Å². The predicted molar refractivity (Wildman–Crippen MR) is 209 cm³/mol. The Bertz CT molecular complexity index is 3180. The first-order valence-electron chi connectivity index (χ1n) is 17.2. The standard InChI is InChI=1S/C46H26N4O2/c1-3-12-27(13-4-1)42-33-23-25-39-41(40(33)32-17-7-9-20-36(32)47-42)35-26-29(22-24-38(35)51-39)45-48-44(28-14-5-2-6-15-28)49-46(50-45)34-19-11-18-31-30-16-8-10-21-37(30)52-43(31)34/h1-26H. The van der Waals surface area contributed by atoms with Crippen LogP contribution >= 0.6 is 0 Å². The molecule has 242 valence electrons. The third-order valence-corrected chi connectivity index (χ3v) is 9.91. The smallest absolute Gasteiger partial charge is 0.167 e. The van der Waals surface area contributed by atoms with Crippen LogP contribution in [0.3, 0.4) is 0 Å². The van der Waals surface area contributed by atoms with Gasteiger partial charge < -0.3 is 8.83 Å². The summed E-state index contributed by atoms with van der Waals surface area (Å²) in [5.41, 5.74) is 8.68. The molecule has 4 heterocycles. The fraction of sp³-hybridized carbons (Fsp3) is 0. The van der Waals surface area contributed by atoms with E-state index in [-0.39, 0.29) is 0 Å². The molecule has 0 unspecified atom stereocenters. The Labute approximate surface area is 296 Å². The number of hydrogen-bond acceptors (Lipinski definition) is 6. The molecule has 6 heteroatoms. The van der Waals surface area contributed by atoms with Crippen LogP contribution in [0, 0.1) is 0 Å². The zero-order valence-electron chi connectivity index (χ0n) is 27.6. The monoisotopic (exact) mass is 666 g/mol. The second-order valence-electron chi connectivity index (χ2n) is 13.0. The van der Waals surface area contributed by atoms with Gasteiger partial charge in [0.2, 0.25) is 0 Å². The van der Waals surface area contributed by atoms with Gasteiger partial charge in [0, 0.05) is 54.4 Å². The van der Waals surface area contributed by atoms with Gasteiger partial charge in [-0.25, -0.2) is 19.9 Å². The molecular formula is C46H26N4O2. The molecule has 0 aliphatic rings. The zero-order chi connectivity index (χ0) is 34.2. The minimum atomic E-state index is 0.542. The van der Waals surface area contributed by atoms with Crippen molar-refractivity contribution in [3.05, 3.63) is 158 Å². The van der Waals surface area contributed by atoms with E-state index in [0.717, 1.165) is 93.5 Å². The van der Waals surface area contributed by atoms with Crippen molar-refractivity contribution in [2.45, 2.75) is 0 Å². The predicted octanol–water partition coefficient (Wildman–Crippen LogP) is 12.0. The Morgan fingerprint density at radius 1 is 0.346 bits per heavy atom. The molecule has 0 atom stereocenters. The molecule has 0 N–H and O–H groups in total. The molecule has 11 aromatic rings. The highest BCUT2D eigenvalue weighted by molar-refractivity contribution is 6.28. The van der Waals surface area contributed by atoms with Gasteiger partial charge in [0.1, 0.15) is 22.3 Å². The average Bonchev–Trinajstić information content (AvgIpc) is 3.79. The van der Waals surface area contributed by atoms with Crippen LogP contribution in [0.4, 0.5) is 0 Å². The summed E-state index contributed by atoms with van der Waals surface area (Å²) in [5.74, 6) is 1.69. The summed E-state index contributed by atoms with van der Waals surface area (Å²) in [7, 11) is 0. The van der Waals surface area contributed by atoms with Crippen LogP contribution in [0.1, 0.15) is 0 Å². The molecule has 52 heavy (non-hydrogen) atoms. The molecule has 0 radical (unpaired) electrons. The first-order valence-corrected chi connectivity index (χ1v) is 17.2. The van der Waals surface area contributed by atoms with E-state index in [9.17, 15) is 0 Å². The molecule has 0 amide bonds. The highest BCUT2D eigenvalue weighted by atomic mass is 16.3. The van der Waals surface area contributed by atoms with E-state index >= 15 is 0 Å². The second kappa shape index (κ2) is 11.2. The first kappa shape index (κ1) is 28.6. The van der Waals surface area contributed by atoms with Gasteiger partial charge in [0.25, 0.3) is 0 Å². The van der Waals surface area contributed by atoms with E-state index in [2.05, 4.69) is 72.8 Å². The summed E-state index contributed by atoms with van der Waals surface area (Å²) in [4.78, 5) is 20.4. The fourth-order valence-electron chi connectivity index (χ4n) is 7.53. The molecule has 0 saturated heterocycles. The van der Waals surface area contributed by atoms with E-state index in [0.29, 0.717) is 17.5 Å². The fourth-order valence-corrected chi connectivity index (χ4v) is 7.53. The maximum absolute atomic E-state index is 6.52. The third-order valence-electron chi connectivity index (χ3n) is 9.91. The van der Waals surface area contributed by atoms with E-state index < -0.39 is 0 Å². The lowest BCUT2D eigenvalue weighted by Crippen LogP contribution is -2.00. The van der Waals surface area contributed by atoms with Crippen molar-refractivity contribution in [1.29, 1.82) is 0 Å². The molecule has 0 aliphatic carbocycles. The van der Waals surface area contributed by atoms with Crippen molar-refractivity contribution in [3.63, 3.8) is 0 Å². The number of nitrogens with zero attached hydrogens (tertiary/aromatic N) is 4. The summed E-state index contributed by atoms with van der Waals surface area (Å²) in [5, 5.41) is 7.34. The van der Waals surface area contributed by atoms with Gasteiger partial charge in [0.15, 0.2) is 17.5 Å². The quantitative estimate of drug-likeness (QED) is 0.174. The van der Waals surface area contributed by atoms with Crippen molar-refractivity contribution in [2.24, 2.45) is 0 Å². The maximum Gasteiger partial charge on any atom is 0.167 e. The lowest BCUT2D eigenvalue weighted by Gasteiger charge is -2.11. The number of hydrogen-bond donors (Lipinski definition) is 0. The second-order valence-corrected chi connectivity index (χ2v) is 13.0. The molecule has 0 aliphatic heterocycles. The van der Waals surface area contributed by atoms with E-state index in [1.165, 1.54) is 0 Å². The van der Waals surface area contributed by atoms with E-state index in [4.69, 9.17) is 28.8 Å². The largest absolute Gasteiger partial charge is 0.456 e. The van der Waals surface area contributed by atoms with Crippen molar-refractivity contribution < 1.29 is 8.83 Å². The SMILES string of the molecule is c1ccc(-c2nc(-c3ccc4oc5ccc6c(-c7ccccc7)nc7ccccc7c6c5c4c3)nc(-c3cccc4c3oc3ccccc34)n2)cc1. The average molecular weight is 667 g/mol. The van der Waals surface area contributed by atoms with Crippen molar-refractivity contribution >= 4 is 65.6 Å². The van der Waals surface area contributed by atoms with Crippen LogP contribution in [-0.2, 0) is 0 Å². The van der Waals surface area contributed by atoms with E-state index in [1.807, 2.05) is 84.9 Å². The number of benzene rings is 7. The number of para-hydroxylation sites is 3. The van der Waals surface area contributed by atoms with Gasteiger partial charge in [-0.1, -0.05) is 109 Å².